The van der Waals surface area contributed by atoms with Crippen molar-refractivity contribution in [2.24, 2.45) is 5.92 Å². The molecule has 0 amide bonds. The zero-order valence-electron chi connectivity index (χ0n) is 9.99. The quantitative estimate of drug-likeness (QED) is 0.852. The summed E-state index contributed by atoms with van der Waals surface area (Å²) in [5, 5.41) is 9.05. The average Bonchev–Trinajstić information content (AvgIpc) is 2.81. The molecule has 1 aromatic rings. The van der Waals surface area contributed by atoms with Crippen LogP contribution >= 0.6 is 0 Å². The topological polar surface area (TPSA) is 42.2 Å². The number of aryl methyl sites for hydroxylation is 1. The molecule has 0 bridgehead atoms. The van der Waals surface area contributed by atoms with E-state index in [1.165, 1.54) is 25.7 Å². The van der Waals surface area contributed by atoms with Gasteiger partial charge in [-0.25, -0.2) is 4.79 Å². The Kier molecular flexibility index (Phi) is 3.03. The number of carboxylic acids is 1. The van der Waals surface area contributed by atoms with Crippen LogP contribution in [0, 0.1) is 19.8 Å². The Morgan fingerprint density at radius 2 is 2.06 bits per heavy atom. The molecule has 1 N–H and O–H groups in total. The molecule has 1 fully saturated rings. The van der Waals surface area contributed by atoms with Gasteiger partial charge in [0.1, 0.15) is 0 Å². The number of carboxylic acid groups (broad SMARTS) is 1. The van der Waals surface area contributed by atoms with Crippen molar-refractivity contribution in [3.63, 3.8) is 0 Å². The number of aromatic carboxylic acids is 1. The van der Waals surface area contributed by atoms with E-state index in [4.69, 9.17) is 5.11 Å². The molecule has 16 heavy (non-hydrogen) atoms. The van der Waals surface area contributed by atoms with E-state index >= 15 is 0 Å². The van der Waals surface area contributed by atoms with Crippen LogP contribution in [0.25, 0.3) is 0 Å². The standard InChI is InChI=1S/C13H19NO2/c1-9-7-12(13(15)16)10(2)14(9)8-11-5-3-4-6-11/h7,11H,3-6,8H2,1-2H3,(H,15,16). The van der Waals surface area contributed by atoms with Crippen LogP contribution in [0.15, 0.2) is 6.07 Å². The highest BCUT2D eigenvalue weighted by Gasteiger charge is 2.19. The largest absolute Gasteiger partial charge is 0.478 e. The highest BCUT2D eigenvalue weighted by Crippen LogP contribution is 2.28. The van der Waals surface area contributed by atoms with Gasteiger partial charge in [-0.15, -0.1) is 0 Å². The summed E-state index contributed by atoms with van der Waals surface area (Å²) < 4.78 is 2.17. The lowest BCUT2D eigenvalue weighted by atomic mass is 10.1. The summed E-state index contributed by atoms with van der Waals surface area (Å²) in [4.78, 5) is 11.0. The van der Waals surface area contributed by atoms with E-state index in [2.05, 4.69) is 4.57 Å². The second-order valence-corrected chi connectivity index (χ2v) is 4.85. The number of carbonyl (C=O) groups is 1. The highest BCUT2D eigenvalue weighted by atomic mass is 16.4. The average molecular weight is 221 g/mol. The van der Waals surface area contributed by atoms with Gasteiger partial charge in [0.2, 0.25) is 0 Å². The monoisotopic (exact) mass is 221 g/mol. The molecule has 88 valence electrons. The van der Waals surface area contributed by atoms with Crippen LogP contribution in [0.3, 0.4) is 0 Å². The fourth-order valence-corrected chi connectivity index (χ4v) is 2.75. The van der Waals surface area contributed by atoms with Crippen molar-refractivity contribution in [1.82, 2.24) is 4.57 Å². The van der Waals surface area contributed by atoms with Gasteiger partial charge in [-0.1, -0.05) is 12.8 Å². The van der Waals surface area contributed by atoms with Crippen molar-refractivity contribution in [3.05, 3.63) is 23.0 Å². The molecule has 1 aliphatic rings. The maximum atomic E-state index is 11.0. The minimum atomic E-state index is -0.814. The van der Waals surface area contributed by atoms with E-state index in [-0.39, 0.29) is 0 Å². The fourth-order valence-electron chi connectivity index (χ4n) is 2.75. The van der Waals surface area contributed by atoms with Gasteiger partial charge in [-0.2, -0.15) is 0 Å². The summed E-state index contributed by atoms with van der Waals surface area (Å²) >= 11 is 0. The fraction of sp³-hybridized carbons (Fsp3) is 0.615. The Labute approximate surface area is 96.1 Å². The molecular weight excluding hydrogens is 202 g/mol. The Morgan fingerprint density at radius 1 is 1.44 bits per heavy atom. The lowest BCUT2D eigenvalue weighted by Crippen LogP contribution is -2.11. The summed E-state index contributed by atoms with van der Waals surface area (Å²) in [5.41, 5.74) is 2.43. The molecule has 3 heteroatoms. The van der Waals surface area contributed by atoms with Crippen molar-refractivity contribution in [3.8, 4) is 0 Å². The van der Waals surface area contributed by atoms with E-state index in [1.807, 2.05) is 13.8 Å². The van der Waals surface area contributed by atoms with Gasteiger partial charge >= 0.3 is 5.97 Å². The second-order valence-electron chi connectivity index (χ2n) is 4.85. The number of rotatable bonds is 3. The third kappa shape index (κ3) is 1.99. The first kappa shape index (κ1) is 11.2. The molecule has 0 saturated heterocycles. The van der Waals surface area contributed by atoms with Gasteiger partial charge in [0, 0.05) is 17.9 Å². The van der Waals surface area contributed by atoms with Crippen LogP contribution in [-0.2, 0) is 6.54 Å². The van der Waals surface area contributed by atoms with Gasteiger partial charge in [-0.3, -0.25) is 0 Å². The summed E-state index contributed by atoms with van der Waals surface area (Å²) in [5.74, 6) is -0.0720. The van der Waals surface area contributed by atoms with Crippen molar-refractivity contribution in [2.75, 3.05) is 0 Å². The smallest absolute Gasteiger partial charge is 0.337 e. The van der Waals surface area contributed by atoms with Crippen LogP contribution in [0.5, 0.6) is 0 Å². The molecule has 3 nitrogen and oxygen atoms in total. The van der Waals surface area contributed by atoms with E-state index in [1.54, 1.807) is 6.07 Å². The van der Waals surface area contributed by atoms with Crippen molar-refractivity contribution in [2.45, 2.75) is 46.1 Å². The maximum absolute atomic E-state index is 11.0. The van der Waals surface area contributed by atoms with Crippen LogP contribution in [0.2, 0.25) is 0 Å². The predicted molar refractivity (Wildman–Crippen MR) is 62.8 cm³/mol. The van der Waals surface area contributed by atoms with Gasteiger partial charge in [0.15, 0.2) is 0 Å². The molecule has 0 radical (unpaired) electrons. The molecule has 1 aromatic heterocycles. The van der Waals surface area contributed by atoms with Gasteiger partial charge in [0.25, 0.3) is 0 Å². The zero-order chi connectivity index (χ0) is 11.7. The predicted octanol–water partition coefficient (Wildman–Crippen LogP) is 2.99. The summed E-state index contributed by atoms with van der Waals surface area (Å²) in [6.45, 7) is 4.89. The molecular formula is C13H19NO2. The van der Waals surface area contributed by atoms with E-state index in [0.717, 1.165) is 23.9 Å². The molecule has 0 aliphatic heterocycles. The Bertz CT molecular complexity index is 400. The number of hydrogen-bond donors (Lipinski definition) is 1. The molecule has 1 saturated carbocycles. The lowest BCUT2D eigenvalue weighted by molar-refractivity contribution is 0.0696. The molecule has 1 heterocycles. The van der Waals surface area contributed by atoms with Crippen molar-refractivity contribution >= 4 is 5.97 Å². The number of nitrogens with zero attached hydrogens (tertiary/aromatic N) is 1. The minimum absolute atomic E-state index is 0.454. The Morgan fingerprint density at radius 3 is 2.56 bits per heavy atom. The Balaban J connectivity index is 2.22. The lowest BCUT2D eigenvalue weighted by Gasteiger charge is -2.14. The highest BCUT2D eigenvalue weighted by molar-refractivity contribution is 5.89. The molecule has 0 atom stereocenters. The maximum Gasteiger partial charge on any atom is 0.337 e. The van der Waals surface area contributed by atoms with Gasteiger partial charge in [0.05, 0.1) is 5.56 Å². The Hall–Kier alpha value is -1.25. The van der Waals surface area contributed by atoms with Crippen LogP contribution in [0.4, 0.5) is 0 Å². The van der Waals surface area contributed by atoms with Crippen LogP contribution in [0.1, 0.15) is 47.4 Å². The van der Waals surface area contributed by atoms with Crippen molar-refractivity contribution < 1.29 is 9.90 Å². The minimum Gasteiger partial charge on any atom is -0.478 e. The van der Waals surface area contributed by atoms with E-state index < -0.39 is 5.97 Å². The van der Waals surface area contributed by atoms with Crippen molar-refractivity contribution in [1.29, 1.82) is 0 Å². The second kappa shape index (κ2) is 4.32. The molecule has 0 spiro atoms. The SMILES string of the molecule is Cc1cc(C(=O)O)c(C)n1CC1CCCC1. The number of hydrogen-bond acceptors (Lipinski definition) is 1. The summed E-state index contributed by atoms with van der Waals surface area (Å²) in [7, 11) is 0. The van der Waals surface area contributed by atoms with E-state index in [0.29, 0.717) is 5.56 Å². The first-order chi connectivity index (χ1) is 7.59. The van der Waals surface area contributed by atoms with Gasteiger partial charge < -0.3 is 9.67 Å². The zero-order valence-corrected chi connectivity index (χ0v) is 9.99. The van der Waals surface area contributed by atoms with Crippen LogP contribution in [-0.4, -0.2) is 15.6 Å². The van der Waals surface area contributed by atoms with E-state index in [9.17, 15) is 4.79 Å². The third-order valence-electron chi connectivity index (χ3n) is 3.72. The van der Waals surface area contributed by atoms with Gasteiger partial charge in [-0.05, 0) is 38.7 Å². The first-order valence-corrected chi connectivity index (χ1v) is 5.99. The molecule has 2 rings (SSSR count). The third-order valence-corrected chi connectivity index (χ3v) is 3.72. The molecule has 0 aromatic carbocycles. The first-order valence-electron chi connectivity index (χ1n) is 5.99. The summed E-state index contributed by atoms with van der Waals surface area (Å²) in [6, 6.07) is 1.78. The summed E-state index contributed by atoms with van der Waals surface area (Å²) in [6.07, 6.45) is 5.24. The molecule has 0 unspecified atom stereocenters. The molecule has 1 aliphatic carbocycles. The normalized spacial score (nSPS) is 16.9. The number of aromatic nitrogens is 1. The van der Waals surface area contributed by atoms with Crippen LogP contribution < -0.4 is 0 Å².